The Bertz CT molecular complexity index is 251. The van der Waals surface area contributed by atoms with E-state index in [1.54, 1.807) is 12.1 Å². The zero-order chi connectivity index (χ0) is 10.2. The molecule has 0 radical (unpaired) electrons. The molecule has 0 aliphatic carbocycles. The number of unbranched alkanes of at least 4 members (excludes halogenated alkanes) is 1. The highest BCUT2D eigenvalue weighted by Gasteiger charge is 1.93. The third-order valence-corrected chi connectivity index (χ3v) is 2.05. The number of hydrogen-bond donors (Lipinski definition) is 2. The van der Waals surface area contributed by atoms with E-state index in [0.29, 0.717) is 0 Å². The highest BCUT2D eigenvalue weighted by molar-refractivity contribution is 5.85. The van der Waals surface area contributed by atoms with Crippen LogP contribution in [-0.4, -0.2) is 13.1 Å². The number of rotatable bonds is 6. The molecule has 0 amide bonds. The van der Waals surface area contributed by atoms with E-state index in [9.17, 15) is 4.39 Å². The van der Waals surface area contributed by atoms with Crippen LogP contribution < -0.4 is 11.1 Å². The molecule has 1 aromatic carbocycles. The molecule has 4 heteroatoms. The van der Waals surface area contributed by atoms with E-state index in [2.05, 4.69) is 5.32 Å². The van der Waals surface area contributed by atoms with Crippen LogP contribution in [0.5, 0.6) is 0 Å². The van der Waals surface area contributed by atoms with Crippen LogP contribution in [0.3, 0.4) is 0 Å². The lowest BCUT2D eigenvalue weighted by atomic mass is 10.2. The standard InChI is InChI=1S/C11H17FN2.ClH/c12-11-5-3-10(4-6-11)9-14-8-2-1-7-13;/h3-6,14H,1-2,7-9,13H2;1H. The first kappa shape index (κ1) is 14.4. The molecule has 2 nitrogen and oxygen atoms in total. The number of nitrogens with two attached hydrogens (primary N) is 1. The van der Waals surface area contributed by atoms with Crippen molar-refractivity contribution in [1.82, 2.24) is 5.32 Å². The van der Waals surface area contributed by atoms with Gasteiger partial charge in [0, 0.05) is 6.54 Å². The van der Waals surface area contributed by atoms with Gasteiger partial charge in [-0.15, -0.1) is 12.4 Å². The molecular formula is C11H18ClFN2. The Morgan fingerprint density at radius 1 is 1.13 bits per heavy atom. The van der Waals surface area contributed by atoms with Crippen LogP contribution in [0.25, 0.3) is 0 Å². The Balaban J connectivity index is 0.00000196. The Morgan fingerprint density at radius 3 is 2.40 bits per heavy atom. The van der Waals surface area contributed by atoms with E-state index in [-0.39, 0.29) is 18.2 Å². The predicted molar refractivity (Wildman–Crippen MR) is 63.6 cm³/mol. The zero-order valence-electron chi connectivity index (χ0n) is 8.71. The van der Waals surface area contributed by atoms with Crippen LogP contribution in [-0.2, 0) is 6.54 Å². The van der Waals surface area contributed by atoms with Crippen LogP contribution >= 0.6 is 12.4 Å². The van der Waals surface area contributed by atoms with Gasteiger partial charge in [-0.25, -0.2) is 4.39 Å². The Labute approximate surface area is 96.5 Å². The van der Waals surface area contributed by atoms with Crippen LogP contribution in [0.1, 0.15) is 18.4 Å². The number of benzene rings is 1. The van der Waals surface area contributed by atoms with Crippen molar-refractivity contribution in [3.63, 3.8) is 0 Å². The maximum atomic E-state index is 12.5. The summed E-state index contributed by atoms with van der Waals surface area (Å²) in [6.45, 7) is 2.51. The summed E-state index contributed by atoms with van der Waals surface area (Å²) in [6.07, 6.45) is 2.15. The number of halogens is 2. The molecule has 0 heterocycles. The smallest absolute Gasteiger partial charge is 0.123 e. The molecule has 1 rings (SSSR count). The SMILES string of the molecule is Cl.NCCCCNCc1ccc(F)cc1. The summed E-state index contributed by atoms with van der Waals surface area (Å²) in [7, 11) is 0. The first-order chi connectivity index (χ1) is 6.83. The maximum Gasteiger partial charge on any atom is 0.123 e. The molecule has 15 heavy (non-hydrogen) atoms. The van der Waals surface area contributed by atoms with Crippen molar-refractivity contribution < 1.29 is 4.39 Å². The van der Waals surface area contributed by atoms with Gasteiger partial charge < -0.3 is 11.1 Å². The van der Waals surface area contributed by atoms with E-state index < -0.39 is 0 Å². The molecule has 0 saturated heterocycles. The summed E-state index contributed by atoms with van der Waals surface area (Å²) in [5.41, 5.74) is 6.48. The second-order valence-corrected chi connectivity index (χ2v) is 3.30. The monoisotopic (exact) mass is 232 g/mol. The van der Waals surface area contributed by atoms with Gasteiger partial charge in [0.25, 0.3) is 0 Å². The maximum absolute atomic E-state index is 12.5. The van der Waals surface area contributed by atoms with Crippen LogP contribution in [0, 0.1) is 5.82 Å². The van der Waals surface area contributed by atoms with Crippen molar-refractivity contribution in [3.8, 4) is 0 Å². The molecule has 0 bridgehead atoms. The number of hydrogen-bond acceptors (Lipinski definition) is 2. The zero-order valence-corrected chi connectivity index (χ0v) is 9.52. The van der Waals surface area contributed by atoms with E-state index in [1.165, 1.54) is 12.1 Å². The van der Waals surface area contributed by atoms with Crippen LogP contribution in [0.15, 0.2) is 24.3 Å². The second-order valence-electron chi connectivity index (χ2n) is 3.30. The van der Waals surface area contributed by atoms with Crippen LogP contribution in [0.2, 0.25) is 0 Å². The predicted octanol–water partition coefficient (Wildman–Crippen LogP) is 2.08. The van der Waals surface area contributed by atoms with Gasteiger partial charge in [0.15, 0.2) is 0 Å². The Hall–Kier alpha value is -0.640. The molecule has 86 valence electrons. The fourth-order valence-electron chi connectivity index (χ4n) is 1.23. The van der Waals surface area contributed by atoms with Gasteiger partial charge in [-0.1, -0.05) is 12.1 Å². The molecule has 0 spiro atoms. The summed E-state index contributed by atoms with van der Waals surface area (Å²) in [4.78, 5) is 0. The molecular weight excluding hydrogens is 215 g/mol. The molecule has 1 aromatic rings. The minimum absolute atomic E-state index is 0. The molecule has 0 aliphatic heterocycles. The van der Waals surface area contributed by atoms with Gasteiger partial charge in [-0.05, 0) is 43.6 Å². The normalized spacial score (nSPS) is 9.73. The Kier molecular flexibility index (Phi) is 8.28. The van der Waals surface area contributed by atoms with Crippen molar-refractivity contribution in [3.05, 3.63) is 35.6 Å². The summed E-state index contributed by atoms with van der Waals surface area (Å²) >= 11 is 0. The lowest BCUT2D eigenvalue weighted by Crippen LogP contribution is -2.15. The highest BCUT2D eigenvalue weighted by atomic mass is 35.5. The van der Waals surface area contributed by atoms with Gasteiger partial charge in [0.05, 0.1) is 0 Å². The first-order valence-corrected chi connectivity index (χ1v) is 4.98. The average molecular weight is 233 g/mol. The molecule has 0 fully saturated rings. The Morgan fingerprint density at radius 2 is 1.80 bits per heavy atom. The highest BCUT2D eigenvalue weighted by Crippen LogP contribution is 2.01. The van der Waals surface area contributed by atoms with Gasteiger partial charge in [-0.3, -0.25) is 0 Å². The molecule has 0 saturated carbocycles. The quantitative estimate of drug-likeness (QED) is 0.737. The van der Waals surface area contributed by atoms with E-state index in [0.717, 1.165) is 38.0 Å². The van der Waals surface area contributed by atoms with E-state index >= 15 is 0 Å². The lowest BCUT2D eigenvalue weighted by molar-refractivity contribution is 0.617. The molecule has 0 aliphatic rings. The summed E-state index contributed by atoms with van der Waals surface area (Å²) in [6, 6.07) is 6.56. The van der Waals surface area contributed by atoms with Crippen molar-refractivity contribution in [1.29, 1.82) is 0 Å². The summed E-state index contributed by atoms with van der Waals surface area (Å²) in [5, 5.41) is 3.28. The van der Waals surface area contributed by atoms with Crippen molar-refractivity contribution >= 4 is 12.4 Å². The molecule has 3 N–H and O–H groups in total. The second kappa shape index (κ2) is 8.65. The van der Waals surface area contributed by atoms with Crippen molar-refractivity contribution in [2.75, 3.05) is 13.1 Å². The minimum Gasteiger partial charge on any atom is -0.330 e. The topological polar surface area (TPSA) is 38.0 Å². The lowest BCUT2D eigenvalue weighted by Gasteiger charge is -2.03. The largest absolute Gasteiger partial charge is 0.330 e. The summed E-state index contributed by atoms with van der Waals surface area (Å²) < 4.78 is 12.5. The van der Waals surface area contributed by atoms with Gasteiger partial charge in [0.2, 0.25) is 0 Å². The third-order valence-electron chi connectivity index (χ3n) is 2.05. The van der Waals surface area contributed by atoms with Gasteiger partial charge >= 0.3 is 0 Å². The van der Waals surface area contributed by atoms with Crippen molar-refractivity contribution in [2.24, 2.45) is 5.73 Å². The van der Waals surface area contributed by atoms with E-state index in [1.807, 2.05) is 0 Å². The minimum atomic E-state index is -0.183. The fraction of sp³-hybridized carbons (Fsp3) is 0.455. The van der Waals surface area contributed by atoms with Gasteiger partial charge in [-0.2, -0.15) is 0 Å². The first-order valence-electron chi connectivity index (χ1n) is 4.98. The van der Waals surface area contributed by atoms with Crippen LogP contribution in [0.4, 0.5) is 4.39 Å². The fourth-order valence-corrected chi connectivity index (χ4v) is 1.23. The van der Waals surface area contributed by atoms with E-state index in [4.69, 9.17) is 5.73 Å². The average Bonchev–Trinajstić information content (AvgIpc) is 2.21. The van der Waals surface area contributed by atoms with Gasteiger partial charge in [0.1, 0.15) is 5.82 Å². The molecule has 0 aromatic heterocycles. The number of nitrogens with one attached hydrogen (secondary N) is 1. The van der Waals surface area contributed by atoms with Crippen molar-refractivity contribution in [2.45, 2.75) is 19.4 Å². The molecule has 0 unspecified atom stereocenters. The third kappa shape index (κ3) is 6.44. The summed E-state index contributed by atoms with van der Waals surface area (Å²) in [5.74, 6) is -0.183. The molecule has 0 atom stereocenters.